The highest BCUT2D eigenvalue weighted by Crippen LogP contribution is 2.37. The van der Waals surface area contributed by atoms with E-state index in [-0.39, 0.29) is 26.2 Å². The van der Waals surface area contributed by atoms with Crippen LogP contribution in [0.1, 0.15) is 84.6 Å². The van der Waals surface area contributed by atoms with Gasteiger partial charge in [-0.3, -0.25) is 0 Å². The smallest absolute Gasteiger partial charge is 0.408 e. The molecule has 2 rings (SSSR count). The van der Waals surface area contributed by atoms with Crippen molar-refractivity contribution in [2.45, 2.75) is 122 Å². The standard InChI is InChI=1S/C32H51F2NO8/c1-5-9-17-38-23-27-29(41-19-11-7-3)26(40-18-10-6-2)20-28(43-27)32(33,34)21-25(30(36)39-8-4)35-31(37)42-22-24-15-13-12-14-16-24/h12-16,25-29H,5-11,17-23H2,1-4H3,(H,35,37)/t25-,26-,27-,28-,29-/m1/s1. The molecule has 1 N–H and O–H groups in total. The second kappa shape index (κ2) is 20.6. The van der Waals surface area contributed by atoms with Gasteiger partial charge in [-0.15, -0.1) is 0 Å². The lowest BCUT2D eigenvalue weighted by atomic mass is 9.91. The van der Waals surface area contributed by atoms with Crippen LogP contribution in [0.15, 0.2) is 30.3 Å². The third-order valence-electron chi connectivity index (χ3n) is 7.10. The maximum atomic E-state index is 16.0. The highest BCUT2D eigenvalue weighted by Gasteiger charge is 2.52. The number of hydrogen-bond donors (Lipinski definition) is 1. The number of rotatable bonds is 21. The van der Waals surface area contributed by atoms with Gasteiger partial charge in [0, 0.05) is 32.7 Å². The Balaban J connectivity index is 2.20. The van der Waals surface area contributed by atoms with E-state index in [1.54, 1.807) is 31.2 Å². The molecular formula is C32H51F2NO8. The van der Waals surface area contributed by atoms with Gasteiger partial charge in [0.2, 0.25) is 0 Å². The summed E-state index contributed by atoms with van der Waals surface area (Å²) in [5.74, 6) is -4.52. The molecule has 1 aromatic carbocycles. The molecule has 1 fully saturated rings. The average molecular weight is 616 g/mol. The average Bonchev–Trinajstić information content (AvgIpc) is 2.99. The van der Waals surface area contributed by atoms with Crippen LogP contribution in [-0.2, 0) is 39.8 Å². The number of amides is 1. The van der Waals surface area contributed by atoms with E-state index in [0.717, 1.165) is 38.5 Å². The van der Waals surface area contributed by atoms with Crippen LogP contribution in [0, 0.1) is 0 Å². The number of ether oxygens (including phenoxy) is 6. The molecule has 246 valence electrons. The summed E-state index contributed by atoms with van der Waals surface area (Å²) < 4.78 is 66.2. The number of halogens is 2. The third kappa shape index (κ3) is 13.5. The number of benzene rings is 1. The number of carbonyl (C=O) groups is 2. The number of alkyl carbamates (subject to hydrolysis) is 1. The van der Waals surface area contributed by atoms with Crippen molar-refractivity contribution in [3.8, 4) is 0 Å². The molecule has 0 spiro atoms. The minimum Gasteiger partial charge on any atom is -0.464 e. The molecule has 43 heavy (non-hydrogen) atoms. The first-order chi connectivity index (χ1) is 20.7. The van der Waals surface area contributed by atoms with E-state index in [1.807, 2.05) is 26.8 Å². The van der Waals surface area contributed by atoms with Gasteiger partial charge in [0.1, 0.15) is 31.0 Å². The summed E-state index contributed by atoms with van der Waals surface area (Å²) in [5, 5.41) is 2.27. The Morgan fingerprint density at radius 2 is 1.60 bits per heavy atom. The zero-order valence-corrected chi connectivity index (χ0v) is 26.2. The minimum atomic E-state index is -3.54. The van der Waals surface area contributed by atoms with Gasteiger partial charge >= 0.3 is 12.1 Å². The Hall–Kier alpha value is -2.34. The van der Waals surface area contributed by atoms with Crippen LogP contribution < -0.4 is 5.32 Å². The normalized spacial score (nSPS) is 21.3. The van der Waals surface area contributed by atoms with Gasteiger partial charge in [0.15, 0.2) is 0 Å². The molecule has 1 amide bonds. The highest BCUT2D eigenvalue weighted by molar-refractivity contribution is 5.81. The zero-order valence-electron chi connectivity index (χ0n) is 26.2. The fraction of sp³-hybridized carbons (Fsp3) is 0.750. The second-order valence-corrected chi connectivity index (χ2v) is 10.8. The second-order valence-electron chi connectivity index (χ2n) is 10.8. The first-order valence-corrected chi connectivity index (χ1v) is 15.7. The van der Waals surface area contributed by atoms with Crippen LogP contribution in [0.3, 0.4) is 0 Å². The number of unbranched alkanes of at least 4 members (excludes halogenated alkanes) is 3. The van der Waals surface area contributed by atoms with Crippen molar-refractivity contribution in [1.29, 1.82) is 0 Å². The molecule has 0 aromatic heterocycles. The predicted octanol–water partition coefficient (Wildman–Crippen LogP) is 6.21. The van der Waals surface area contributed by atoms with Crippen LogP contribution in [-0.4, -0.2) is 81.5 Å². The number of carbonyl (C=O) groups excluding carboxylic acids is 2. The topological polar surface area (TPSA) is 102 Å². The van der Waals surface area contributed by atoms with E-state index < -0.39 is 54.9 Å². The number of hydrogen-bond acceptors (Lipinski definition) is 8. The van der Waals surface area contributed by atoms with Gasteiger partial charge in [-0.25, -0.2) is 18.4 Å². The molecule has 0 radical (unpaired) electrons. The molecular weight excluding hydrogens is 564 g/mol. The van der Waals surface area contributed by atoms with Gasteiger partial charge in [0.25, 0.3) is 5.92 Å². The molecule has 1 saturated heterocycles. The van der Waals surface area contributed by atoms with Crippen molar-refractivity contribution in [1.82, 2.24) is 5.32 Å². The molecule has 0 aliphatic carbocycles. The summed E-state index contributed by atoms with van der Waals surface area (Å²) in [6.45, 7) is 8.94. The van der Waals surface area contributed by atoms with Crippen molar-refractivity contribution in [2.75, 3.05) is 33.0 Å². The molecule has 1 heterocycles. The first kappa shape index (κ1) is 36.8. The summed E-state index contributed by atoms with van der Waals surface area (Å²) >= 11 is 0. The Kier molecular flexibility index (Phi) is 17.6. The van der Waals surface area contributed by atoms with E-state index in [0.29, 0.717) is 25.4 Å². The van der Waals surface area contributed by atoms with Crippen molar-refractivity contribution in [2.24, 2.45) is 0 Å². The van der Waals surface area contributed by atoms with E-state index in [4.69, 9.17) is 28.4 Å². The maximum Gasteiger partial charge on any atom is 0.408 e. The SMILES string of the molecule is CCCCOC[C@H]1O[C@@H](C(F)(F)C[C@@H](NC(=O)OCc2ccccc2)C(=O)OCC)C[C@@H](OCCCC)[C@H]1OCCCC. The van der Waals surface area contributed by atoms with Crippen molar-refractivity contribution in [3.63, 3.8) is 0 Å². The fourth-order valence-electron chi connectivity index (χ4n) is 4.65. The summed E-state index contributed by atoms with van der Waals surface area (Å²) in [6.07, 6.45) is -0.666. The Bertz CT molecular complexity index is 907. The summed E-state index contributed by atoms with van der Waals surface area (Å²) in [6, 6.07) is 7.24. The quantitative estimate of drug-likeness (QED) is 0.129. The van der Waals surface area contributed by atoms with Crippen molar-refractivity contribution >= 4 is 12.1 Å². The van der Waals surface area contributed by atoms with Crippen LogP contribution in [0.5, 0.6) is 0 Å². The van der Waals surface area contributed by atoms with E-state index in [9.17, 15) is 9.59 Å². The molecule has 1 aliphatic heterocycles. The van der Waals surface area contributed by atoms with Crippen LogP contribution in [0.25, 0.3) is 0 Å². The molecule has 0 saturated carbocycles. The van der Waals surface area contributed by atoms with Crippen molar-refractivity contribution < 1.29 is 46.8 Å². The number of alkyl halides is 2. The first-order valence-electron chi connectivity index (χ1n) is 15.7. The Labute approximate surface area is 255 Å². The van der Waals surface area contributed by atoms with Crippen LogP contribution >= 0.6 is 0 Å². The summed E-state index contributed by atoms with van der Waals surface area (Å²) in [4.78, 5) is 25.2. The highest BCUT2D eigenvalue weighted by atomic mass is 19.3. The lowest BCUT2D eigenvalue weighted by molar-refractivity contribution is -0.260. The number of nitrogens with one attached hydrogen (secondary N) is 1. The zero-order chi connectivity index (χ0) is 31.5. The maximum absolute atomic E-state index is 16.0. The third-order valence-corrected chi connectivity index (χ3v) is 7.10. The van der Waals surface area contributed by atoms with Gasteiger partial charge in [-0.2, -0.15) is 0 Å². The van der Waals surface area contributed by atoms with Gasteiger partial charge in [-0.1, -0.05) is 70.4 Å². The Morgan fingerprint density at radius 3 is 2.26 bits per heavy atom. The molecule has 0 bridgehead atoms. The summed E-state index contributed by atoms with van der Waals surface area (Å²) in [5.41, 5.74) is 0.711. The van der Waals surface area contributed by atoms with Gasteiger partial charge < -0.3 is 33.7 Å². The fourth-order valence-corrected chi connectivity index (χ4v) is 4.65. The molecule has 1 aliphatic rings. The monoisotopic (exact) mass is 615 g/mol. The van der Waals surface area contributed by atoms with Gasteiger partial charge in [-0.05, 0) is 31.7 Å². The molecule has 0 unspecified atom stereocenters. The molecule has 9 nitrogen and oxygen atoms in total. The minimum absolute atomic E-state index is 0.0388. The Morgan fingerprint density at radius 1 is 0.953 bits per heavy atom. The van der Waals surface area contributed by atoms with Crippen LogP contribution in [0.2, 0.25) is 0 Å². The van der Waals surface area contributed by atoms with Gasteiger partial charge in [0.05, 0.1) is 19.3 Å². The predicted molar refractivity (Wildman–Crippen MR) is 158 cm³/mol. The molecule has 5 atom stereocenters. The number of esters is 1. The largest absolute Gasteiger partial charge is 0.464 e. The molecule has 1 aromatic rings. The van der Waals surface area contributed by atoms with E-state index in [1.165, 1.54) is 0 Å². The lowest BCUT2D eigenvalue weighted by Crippen LogP contribution is -2.58. The lowest BCUT2D eigenvalue weighted by Gasteiger charge is -2.44. The molecule has 11 heteroatoms. The van der Waals surface area contributed by atoms with Crippen molar-refractivity contribution in [3.05, 3.63) is 35.9 Å². The van der Waals surface area contributed by atoms with E-state index in [2.05, 4.69) is 5.32 Å². The van der Waals surface area contributed by atoms with Crippen LogP contribution in [0.4, 0.5) is 13.6 Å². The summed E-state index contributed by atoms with van der Waals surface area (Å²) in [7, 11) is 0. The van der Waals surface area contributed by atoms with E-state index >= 15 is 8.78 Å².